The Morgan fingerprint density at radius 1 is 1.36 bits per heavy atom. The fourth-order valence-corrected chi connectivity index (χ4v) is 2.08. The first kappa shape index (κ1) is 11.9. The topological polar surface area (TPSA) is 64.1 Å². The molecule has 0 aromatic rings. The van der Waals surface area contributed by atoms with Crippen LogP contribution in [0.2, 0.25) is 0 Å². The van der Waals surface area contributed by atoms with Crippen molar-refractivity contribution in [2.24, 2.45) is 11.5 Å². The van der Waals surface area contributed by atoms with Crippen LogP contribution in [0.25, 0.3) is 0 Å². The molecule has 0 fully saturated rings. The van der Waals surface area contributed by atoms with Gasteiger partial charge in [-0.25, -0.2) is 0 Å². The molecule has 0 saturated heterocycles. The third kappa shape index (κ3) is 3.19. The molecule has 2 atom stereocenters. The summed E-state index contributed by atoms with van der Waals surface area (Å²) in [6.07, 6.45) is 5.64. The van der Waals surface area contributed by atoms with Crippen molar-refractivity contribution in [2.45, 2.75) is 50.6 Å². The molecule has 0 bridgehead atoms. The summed E-state index contributed by atoms with van der Waals surface area (Å²) >= 11 is 4.14. The Morgan fingerprint density at radius 2 is 2.00 bits per heavy atom. The van der Waals surface area contributed by atoms with Gasteiger partial charge < -0.3 is 16.8 Å². The van der Waals surface area contributed by atoms with Crippen LogP contribution in [0.1, 0.15) is 39.0 Å². The van der Waals surface area contributed by atoms with Crippen molar-refractivity contribution in [2.75, 3.05) is 0 Å². The molecule has 2 unspecified atom stereocenters. The lowest BCUT2D eigenvalue weighted by molar-refractivity contribution is 0.562. The zero-order valence-electron chi connectivity index (χ0n) is 8.79. The highest BCUT2D eigenvalue weighted by Crippen LogP contribution is 2.26. The number of nitrogens with two attached hydrogens (primary N) is 2. The number of thiol groups is 1. The van der Waals surface area contributed by atoms with E-state index in [1.807, 2.05) is 0 Å². The largest absolute Gasteiger partial charge is 0.365 e. The van der Waals surface area contributed by atoms with E-state index in [-0.39, 0.29) is 11.5 Å². The number of nitrogens with one attached hydrogen (secondary N) is 1. The second-order valence-electron chi connectivity index (χ2n) is 3.81. The van der Waals surface area contributed by atoms with Crippen LogP contribution >= 0.6 is 12.6 Å². The van der Waals surface area contributed by atoms with Crippen molar-refractivity contribution >= 4 is 12.6 Å². The van der Waals surface area contributed by atoms with E-state index in [9.17, 15) is 0 Å². The number of hydrogen-bond acceptors (Lipinski definition) is 4. The molecule has 3 nitrogen and oxygen atoms in total. The number of allylic oxidation sites excluding steroid dienone is 1. The highest BCUT2D eigenvalue weighted by molar-refractivity contribution is 7.80. The Bertz CT molecular complexity index is 213. The summed E-state index contributed by atoms with van der Waals surface area (Å²) in [5, 5.41) is 3.19. The molecule has 1 rings (SSSR count). The van der Waals surface area contributed by atoms with Crippen LogP contribution in [-0.4, -0.2) is 11.5 Å². The normalized spacial score (nSPS) is 22.0. The van der Waals surface area contributed by atoms with Crippen molar-refractivity contribution in [3.63, 3.8) is 0 Å². The van der Waals surface area contributed by atoms with Crippen LogP contribution in [0.15, 0.2) is 11.3 Å². The molecular weight excluding hydrogens is 194 g/mol. The predicted octanol–water partition coefficient (Wildman–Crippen LogP) is 1.31. The SMILES string of the molecule is CCC(N)C1=C(NC(N)S)CCCC1. The third-order valence-electron chi connectivity index (χ3n) is 2.72. The highest BCUT2D eigenvalue weighted by Gasteiger charge is 2.17. The zero-order valence-corrected chi connectivity index (χ0v) is 9.69. The quantitative estimate of drug-likeness (QED) is 0.422. The van der Waals surface area contributed by atoms with Crippen molar-refractivity contribution in [1.29, 1.82) is 0 Å². The fourth-order valence-electron chi connectivity index (χ4n) is 1.93. The second kappa shape index (κ2) is 5.63. The van der Waals surface area contributed by atoms with Gasteiger partial charge in [-0.3, -0.25) is 0 Å². The van der Waals surface area contributed by atoms with E-state index in [1.54, 1.807) is 0 Å². The highest BCUT2D eigenvalue weighted by atomic mass is 32.1. The van der Waals surface area contributed by atoms with Gasteiger partial charge in [-0.05, 0) is 37.7 Å². The molecule has 0 saturated carbocycles. The van der Waals surface area contributed by atoms with Gasteiger partial charge in [-0.1, -0.05) is 6.92 Å². The number of rotatable bonds is 4. The lowest BCUT2D eigenvalue weighted by Gasteiger charge is -2.26. The van der Waals surface area contributed by atoms with E-state index in [0.717, 1.165) is 19.3 Å². The van der Waals surface area contributed by atoms with Gasteiger partial charge in [0, 0.05) is 11.7 Å². The summed E-state index contributed by atoms with van der Waals surface area (Å²) in [5.74, 6) is 0. The first-order chi connectivity index (χ1) is 6.65. The molecule has 0 radical (unpaired) electrons. The van der Waals surface area contributed by atoms with Gasteiger partial charge in [-0.2, -0.15) is 0 Å². The van der Waals surface area contributed by atoms with Crippen LogP contribution < -0.4 is 16.8 Å². The molecule has 14 heavy (non-hydrogen) atoms. The van der Waals surface area contributed by atoms with Gasteiger partial charge in [0.1, 0.15) is 5.50 Å². The molecule has 1 aliphatic carbocycles. The Balaban J connectivity index is 2.74. The Morgan fingerprint density at radius 3 is 2.57 bits per heavy atom. The van der Waals surface area contributed by atoms with E-state index >= 15 is 0 Å². The van der Waals surface area contributed by atoms with Crippen LogP contribution in [0.3, 0.4) is 0 Å². The predicted molar refractivity (Wildman–Crippen MR) is 63.9 cm³/mol. The van der Waals surface area contributed by atoms with Gasteiger partial charge in [0.2, 0.25) is 0 Å². The third-order valence-corrected chi connectivity index (χ3v) is 2.85. The molecule has 0 aliphatic heterocycles. The average Bonchev–Trinajstić information content (AvgIpc) is 2.16. The summed E-state index contributed by atoms with van der Waals surface area (Å²) in [7, 11) is 0. The maximum Gasteiger partial charge on any atom is 0.120 e. The maximum atomic E-state index is 6.05. The minimum atomic E-state index is -0.276. The van der Waals surface area contributed by atoms with E-state index in [2.05, 4.69) is 24.9 Å². The molecular formula is C10H21N3S. The Hall–Kier alpha value is -0.190. The van der Waals surface area contributed by atoms with Crippen LogP contribution in [0.5, 0.6) is 0 Å². The first-order valence-corrected chi connectivity index (χ1v) is 5.84. The second-order valence-corrected chi connectivity index (χ2v) is 4.37. The monoisotopic (exact) mass is 215 g/mol. The standard InChI is InChI=1S/C10H21N3S/c1-2-8(11)7-5-3-4-6-9(7)13-10(12)14/h8,10,13-14H,2-6,11-12H2,1H3. The van der Waals surface area contributed by atoms with E-state index in [1.165, 1.54) is 24.1 Å². The molecule has 0 aromatic heterocycles. The summed E-state index contributed by atoms with van der Waals surface area (Å²) in [6, 6.07) is 0.185. The van der Waals surface area contributed by atoms with Crippen LogP contribution in [0, 0.1) is 0 Å². The smallest absolute Gasteiger partial charge is 0.120 e. The van der Waals surface area contributed by atoms with Crippen molar-refractivity contribution in [1.82, 2.24) is 5.32 Å². The van der Waals surface area contributed by atoms with Crippen molar-refractivity contribution in [3.05, 3.63) is 11.3 Å². The summed E-state index contributed by atoms with van der Waals surface area (Å²) in [4.78, 5) is 0. The van der Waals surface area contributed by atoms with E-state index < -0.39 is 0 Å². The maximum absolute atomic E-state index is 6.05. The van der Waals surface area contributed by atoms with Gasteiger partial charge >= 0.3 is 0 Å². The number of hydrogen-bond donors (Lipinski definition) is 4. The minimum Gasteiger partial charge on any atom is -0.365 e. The molecule has 5 N–H and O–H groups in total. The van der Waals surface area contributed by atoms with E-state index in [0.29, 0.717) is 0 Å². The molecule has 1 aliphatic rings. The summed E-state index contributed by atoms with van der Waals surface area (Å²) in [5.41, 5.74) is 14.0. The Labute approximate surface area is 91.7 Å². The first-order valence-electron chi connectivity index (χ1n) is 5.32. The van der Waals surface area contributed by atoms with Crippen LogP contribution in [-0.2, 0) is 0 Å². The van der Waals surface area contributed by atoms with Gasteiger partial charge in [0.25, 0.3) is 0 Å². The fraction of sp³-hybridized carbons (Fsp3) is 0.800. The molecule has 82 valence electrons. The summed E-state index contributed by atoms with van der Waals surface area (Å²) in [6.45, 7) is 2.12. The van der Waals surface area contributed by atoms with Gasteiger partial charge in [0.15, 0.2) is 0 Å². The van der Waals surface area contributed by atoms with E-state index in [4.69, 9.17) is 11.5 Å². The average molecular weight is 215 g/mol. The van der Waals surface area contributed by atoms with Crippen molar-refractivity contribution in [3.8, 4) is 0 Å². The van der Waals surface area contributed by atoms with Crippen LogP contribution in [0.4, 0.5) is 0 Å². The summed E-state index contributed by atoms with van der Waals surface area (Å²) < 4.78 is 0. The van der Waals surface area contributed by atoms with Crippen molar-refractivity contribution < 1.29 is 0 Å². The lowest BCUT2D eigenvalue weighted by Crippen LogP contribution is -2.35. The zero-order chi connectivity index (χ0) is 10.6. The van der Waals surface area contributed by atoms with Gasteiger partial charge in [-0.15, -0.1) is 12.6 Å². The lowest BCUT2D eigenvalue weighted by atomic mass is 9.90. The van der Waals surface area contributed by atoms with Gasteiger partial charge in [0.05, 0.1) is 0 Å². The minimum absolute atomic E-state index is 0.185. The molecule has 0 spiro atoms. The molecule has 4 heteroatoms. The molecule has 0 aromatic carbocycles. The molecule has 0 amide bonds. The molecule has 0 heterocycles. The Kier molecular flexibility index (Phi) is 4.78.